The molecule has 1 aromatic carbocycles. The van der Waals surface area contributed by atoms with Gasteiger partial charge in [-0.25, -0.2) is 0 Å². The predicted octanol–water partition coefficient (Wildman–Crippen LogP) is 4.81. The maximum Gasteiger partial charge on any atom is 0.0974 e. The number of benzene rings is 1. The van der Waals surface area contributed by atoms with E-state index in [-0.39, 0.29) is 5.37 Å². The highest BCUT2D eigenvalue weighted by atomic mass is 32.2. The second-order valence-electron chi connectivity index (χ2n) is 7.02. The van der Waals surface area contributed by atoms with Crippen LogP contribution in [0.5, 0.6) is 0 Å². The average Bonchev–Trinajstić information content (AvgIpc) is 3.52. The fourth-order valence-electron chi connectivity index (χ4n) is 2.95. The minimum absolute atomic E-state index is 0.156. The summed E-state index contributed by atoms with van der Waals surface area (Å²) in [6, 6.07) is 6.20. The van der Waals surface area contributed by atoms with Crippen molar-refractivity contribution in [3.63, 3.8) is 0 Å². The molecule has 1 saturated carbocycles. The zero-order valence-corrected chi connectivity index (χ0v) is 18.3. The molecule has 0 aromatic heterocycles. The SMILES string of the molecule is C=C(/C=C(\NCCC)C1CC1)NC1=CC(Sc2ccc(N)c(SC)c2)NC=C1. The average molecular weight is 415 g/mol. The first-order valence-corrected chi connectivity index (χ1v) is 11.9. The van der Waals surface area contributed by atoms with Gasteiger partial charge < -0.3 is 21.7 Å². The summed E-state index contributed by atoms with van der Waals surface area (Å²) >= 11 is 3.44. The topological polar surface area (TPSA) is 62.1 Å². The van der Waals surface area contributed by atoms with Gasteiger partial charge >= 0.3 is 0 Å². The van der Waals surface area contributed by atoms with Gasteiger partial charge in [0, 0.05) is 39.1 Å². The van der Waals surface area contributed by atoms with Crippen molar-refractivity contribution in [1.82, 2.24) is 16.0 Å². The lowest BCUT2D eigenvalue weighted by atomic mass is 10.2. The number of nitrogens with two attached hydrogens (primary N) is 1. The molecule has 2 aliphatic rings. The van der Waals surface area contributed by atoms with Crippen LogP contribution in [-0.2, 0) is 0 Å². The van der Waals surface area contributed by atoms with Gasteiger partial charge in [-0.15, -0.1) is 11.8 Å². The number of nitrogen functional groups attached to an aromatic ring is 1. The van der Waals surface area contributed by atoms with Crippen molar-refractivity contribution >= 4 is 29.2 Å². The number of rotatable bonds is 10. The first kappa shape index (κ1) is 20.8. The number of nitrogens with one attached hydrogen (secondary N) is 3. The Balaban J connectivity index is 1.61. The minimum atomic E-state index is 0.156. The Morgan fingerprint density at radius 3 is 2.93 bits per heavy atom. The molecule has 0 bridgehead atoms. The van der Waals surface area contributed by atoms with Crippen LogP contribution >= 0.6 is 23.5 Å². The van der Waals surface area contributed by atoms with Gasteiger partial charge in [0.25, 0.3) is 0 Å². The molecule has 6 heteroatoms. The second kappa shape index (κ2) is 10.0. The molecule has 1 fully saturated rings. The van der Waals surface area contributed by atoms with Crippen molar-refractivity contribution in [2.45, 2.75) is 41.4 Å². The van der Waals surface area contributed by atoms with E-state index in [0.29, 0.717) is 5.92 Å². The van der Waals surface area contributed by atoms with Crippen molar-refractivity contribution < 1.29 is 0 Å². The molecular weight excluding hydrogens is 384 g/mol. The summed E-state index contributed by atoms with van der Waals surface area (Å²) in [5.74, 6) is 0.682. The highest BCUT2D eigenvalue weighted by molar-refractivity contribution is 8.00. The van der Waals surface area contributed by atoms with Gasteiger partial charge in [0.05, 0.1) is 5.37 Å². The smallest absolute Gasteiger partial charge is 0.0974 e. The summed E-state index contributed by atoms with van der Waals surface area (Å²) in [4.78, 5) is 2.31. The van der Waals surface area contributed by atoms with Crippen LogP contribution in [0.4, 0.5) is 5.69 Å². The lowest BCUT2D eigenvalue weighted by Gasteiger charge is -2.20. The van der Waals surface area contributed by atoms with Crippen LogP contribution in [0.1, 0.15) is 26.2 Å². The van der Waals surface area contributed by atoms with Crippen molar-refractivity contribution in [1.29, 1.82) is 0 Å². The van der Waals surface area contributed by atoms with Gasteiger partial charge in [-0.1, -0.05) is 25.3 Å². The quantitative estimate of drug-likeness (QED) is 0.250. The van der Waals surface area contributed by atoms with E-state index in [2.05, 4.69) is 53.7 Å². The molecule has 0 spiro atoms. The molecule has 1 unspecified atom stereocenters. The molecule has 0 radical (unpaired) electrons. The van der Waals surface area contributed by atoms with E-state index in [1.54, 1.807) is 23.5 Å². The standard InChI is InChI=1S/C22H30N4S2/c1-4-10-24-20(16-5-6-16)12-15(2)26-17-9-11-25-22(13-17)28-18-7-8-19(23)21(14-18)27-3/h7-9,11-14,16,22,24-26H,2,4-6,10,23H2,1,3H3/b20-12-. The van der Waals surface area contributed by atoms with E-state index in [1.807, 2.05) is 24.6 Å². The number of dihydropyridines is 1. The third-order valence-electron chi connectivity index (χ3n) is 4.55. The van der Waals surface area contributed by atoms with Gasteiger partial charge in [-0.2, -0.15) is 0 Å². The monoisotopic (exact) mass is 414 g/mol. The lowest BCUT2D eigenvalue weighted by molar-refractivity contribution is 0.717. The van der Waals surface area contributed by atoms with Gasteiger partial charge in [0.2, 0.25) is 0 Å². The minimum Gasteiger partial charge on any atom is -0.398 e. The number of allylic oxidation sites excluding steroid dienone is 3. The van der Waals surface area contributed by atoms with E-state index in [4.69, 9.17) is 5.73 Å². The third kappa shape index (κ3) is 6.04. The molecule has 0 amide bonds. The summed E-state index contributed by atoms with van der Waals surface area (Å²) in [6.07, 6.45) is 14.1. The van der Waals surface area contributed by atoms with Gasteiger partial charge in [0.1, 0.15) is 0 Å². The van der Waals surface area contributed by atoms with E-state index < -0.39 is 0 Å². The van der Waals surface area contributed by atoms with Crippen LogP contribution in [0, 0.1) is 5.92 Å². The fraction of sp³-hybridized carbons (Fsp3) is 0.364. The highest BCUT2D eigenvalue weighted by Crippen LogP contribution is 2.35. The van der Waals surface area contributed by atoms with Crippen LogP contribution < -0.4 is 21.7 Å². The van der Waals surface area contributed by atoms with E-state index >= 15 is 0 Å². The summed E-state index contributed by atoms with van der Waals surface area (Å²) in [5, 5.41) is 10.5. The predicted molar refractivity (Wildman–Crippen MR) is 124 cm³/mol. The molecule has 0 saturated heterocycles. The van der Waals surface area contributed by atoms with Crippen LogP contribution in [0.25, 0.3) is 0 Å². The molecule has 5 N–H and O–H groups in total. The van der Waals surface area contributed by atoms with Crippen LogP contribution in [-0.4, -0.2) is 18.2 Å². The molecule has 1 aliphatic heterocycles. The molecule has 3 rings (SSSR count). The zero-order valence-electron chi connectivity index (χ0n) is 16.6. The number of anilines is 1. The van der Waals surface area contributed by atoms with Crippen molar-refractivity contribution in [3.05, 3.63) is 66.3 Å². The van der Waals surface area contributed by atoms with Crippen molar-refractivity contribution in [3.8, 4) is 0 Å². The number of hydrogen-bond donors (Lipinski definition) is 4. The Morgan fingerprint density at radius 2 is 2.21 bits per heavy atom. The van der Waals surface area contributed by atoms with Gasteiger partial charge in [0.15, 0.2) is 0 Å². The van der Waals surface area contributed by atoms with E-state index in [9.17, 15) is 0 Å². The van der Waals surface area contributed by atoms with Gasteiger partial charge in [-0.3, -0.25) is 0 Å². The Morgan fingerprint density at radius 1 is 1.39 bits per heavy atom. The molecule has 1 aromatic rings. The second-order valence-corrected chi connectivity index (χ2v) is 9.08. The summed E-state index contributed by atoms with van der Waals surface area (Å²) in [5.41, 5.74) is 10.1. The Kier molecular flexibility index (Phi) is 7.45. The van der Waals surface area contributed by atoms with E-state index in [0.717, 1.165) is 34.9 Å². The first-order valence-electron chi connectivity index (χ1n) is 9.75. The van der Waals surface area contributed by atoms with Gasteiger partial charge in [-0.05, 0) is 74.1 Å². The van der Waals surface area contributed by atoms with Crippen LogP contribution in [0.2, 0.25) is 0 Å². The van der Waals surface area contributed by atoms with Crippen molar-refractivity contribution in [2.75, 3.05) is 18.5 Å². The lowest BCUT2D eigenvalue weighted by Crippen LogP contribution is -2.25. The summed E-state index contributed by atoms with van der Waals surface area (Å²) in [7, 11) is 0. The maximum atomic E-state index is 6.01. The molecule has 1 heterocycles. The molecule has 28 heavy (non-hydrogen) atoms. The molecular formula is C22H30N4S2. The van der Waals surface area contributed by atoms with Crippen molar-refractivity contribution in [2.24, 2.45) is 5.92 Å². The normalized spacial score (nSPS) is 19.0. The maximum absolute atomic E-state index is 6.01. The largest absolute Gasteiger partial charge is 0.398 e. The number of hydrogen-bond acceptors (Lipinski definition) is 6. The highest BCUT2D eigenvalue weighted by Gasteiger charge is 2.25. The van der Waals surface area contributed by atoms with Crippen LogP contribution in [0.15, 0.2) is 76.1 Å². The third-order valence-corrected chi connectivity index (χ3v) is 6.40. The summed E-state index contributed by atoms with van der Waals surface area (Å²) < 4.78 is 0. The first-order chi connectivity index (χ1) is 13.6. The Hall–Kier alpha value is -1.92. The zero-order chi connectivity index (χ0) is 19.9. The molecule has 150 valence electrons. The summed E-state index contributed by atoms with van der Waals surface area (Å²) in [6.45, 7) is 7.41. The molecule has 4 nitrogen and oxygen atoms in total. The van der Waals surface area contributed by atoms with E-state index in [1.165, 1.54) is 23.4 Å². The number of thioether (sulfide) groups is 2. The Bertz CT molecular complexity index is 794. The Labute approximate surface area is 177 Å². The fourth-order valence-corrected chi connectivity index (χ4v) is 4.56. The molecule has 1 atom stereocenters. The van der Waals surface area contributed by atoms with Crippen LogP contribution in [0.3, 0.4) is 0 Å². The molecule has 1 aliphatic carbocycles.